The van der Waals surface area contributed by atoms with E-state index in [-0.39, 0.29) is 12.5 Å². The van der Waals surface area contributed by atoms with Crippen molar-refractivity contribution in [2.45, 2.75) is 276 Å². The lowest BCUT2D eigenvalue weighted by Crippen LogP contribution is -2.45. The Morgan fingerprint density at radius 3 is 1.13 bits per heavy atom. The van der Waals surface area contributed by atoms with Gasteiger partial charge in [-0.3, -0.25) is 4.79 Å². The Morgan fingerprint density at radius 1 is 0.453 bits per heavy atom. The van der Waals surface area contributed by atoms with Gasteiger partial charge in [-0.2, -0.15) is 0 Å². The van der Waals surface area contributed by atoms with Crippen molar-refractivity contribution in [1.29, 1.82) is 0 Å². The van der Waals surface area contributed by atoms with E-state index in [0.717, 1.165) is 32.1 Å². The van der Waals surface area contributed by atoms with Gasteiger partial charge in [-0.15, -0.1) is 0 Å². The van der Waals surface area contributed by atoms with Crippen LogP contribution in [0, 0.1) is 0 Å². The molecule has 0 spiro atoms. The highest BCUT2D eigenvalue weighted by Gasteiger charge is 2.20. The SMILES string of the molecule is CCCCCCC/C=C\C/C=C\CCCCCCCCCCCCCCCCCCCCCCCC(=O)NC(CO)C(O)CCCCCCCCCC. The fraction of sp³-hybridized carbons (Fsp3) is 0.898. The van der Waals surface area contributed by atoms with Crippen molar-refractivity contribution in [3.05, 3.63) is 24.3 Å². The van der Waals surface area contributed by atoms with E-state index in [1.165, 1.54) is 205 Å². The summed E-state index contributed by atoms with van der Waals surface area (Å²) in [5.41, 5.74) is 0. The predicted octanol–water partition coefficient (Wildman–Crippen LogP) is 15.2. The van der Waals surface area contributed by atoms with Gasteiger partial charge < -0.3 is 15.5 Å². The van der Waals surface area contributed by atoms with Crippen LogP contribution in [0.25, 0.3) is 0 Å². The molecule has 0 fully saturated rings. The molecular formula is C49H95NO3. The second-order valence-electron chi connectivity index (χ2n) is 16.5. The Balaban J connectivity index is 3.35. The van der Waals surface area contributed by atoms with Crippen molar-refractivity contribution < 1.29 is 15.0 Å². The zero-order valence-electron chi connectivity index (χ0n) is 36.1. The maximum Gasteiger partial charge on any atom is 0.220 e. The minimum Gasteiger partial charge on any atom is -0.394 e. The van der Waals surface area contributed by atoms with Gasteiger partial charge in [0.1, 0.15) is 0 Å². The molecule has 0 saturated carbocycles. The first-order valence-electron chi connectivity index (χ1n) is 24.0. The summed E-state index contributed by atoms with van der Waals surface area (Å²) in [7, 11) is 0. The van der Waals surface area contributed by atoms with E-state index in [9.17, 15) is 15.0 Å². The molecule has 0 rings (SSSR count). The topological polar surface area (TPSA) is 69.6 Å². The van der Waals surface area contributed by atoms with E-state index in [1.807, 2.05) is 0 Å². The molecule has 0 aromatic heterocycles. The maximum absolute atomic E-state index is 12.4. The number of hydrogen-bond donors (Lipinski definition) is 3. The zero-order chi connectivity index (χ0) is 38.6. The van der Waals surface area contributed by atoms with Crippen molar-refractivity contribution in [2.24, 2.45) is 0 Å². The van der Waals surface area contributed by atoms with Gasteiger partial charge in [-0.1, -0.05) is 237 Å². The predicted molar refractivity (Wildman–Crippen MR) is 235 cm³/mol. The molecule has 314 valence electrons. The first kappa shape index (κ1) is 51.9. The molecule has 0 aliphatic heterocycles. The molecule has 0 heterocycles. The van der Waals surface area contributed by atoms with Crippen molar-refractivity contribution in [3.63, 3.8) is 0 Å². The summed E-state index contributed by atoms with van der Waals surface area (Å²) in [4.78, 5) is 12.4. The first-order valence-corrected chi connectivity index (χ1v) is 24.0. The van der Waals surface area contributed by atoms with E-state index in [2.05, 4.69) is 43.5 Å². The van der Waals surface area contributed by atoms with E-state index < -0.39 is 12.1 Å². The third-order valence-corrected chi connectivity index (χ3v) is 11.2. The van der Waals surface area contributed by atoms with Gasteiger partial charge in [-0.25, -0.2) is 0 Å². The standard InChI is InChI=1S/C49H95NO3/c1-3-5-7-9-11-13-14-15-16-17-18-19-20-21-22-23-24-25-26-27-28-29-30-31-32-33-34-35-36-37-39-41-43-45-49(53)50-47(46-51)48(52)44-42-40-38-12-10-8-6-4-2/h14-15,17-18,47-48,51-52H,3-13,16,19-46H2,1-2H3,(H,50,53)/b15-14-,18-17-. The van der Waals surface area contributed by atoms with Crippen molar-refractivity contribution >= 4 is 5.91 Å². The van der Waals surface area contributed by atoms with Gasteiger partial charge in [-0.05, 0) is 44.9 Å². The van der Waals surface area contributed by atoms with Crippen LogP contribution >= 0.6 is 0 Å². The Hall–Kier alpha value is -1.13. The number of aliphatic hydroxyl groups excluding tert-OH is 2. The van der Waals surface area contributed by atoms with Gasteiger partial charge in [0, 0.05) is 6.42 Å². The summed E-state index contributed by atoms with van der Waals surface area (Å²) < 4.78 is 0. The van der Waals surface area contributed by atoms with Crippen LogP contribution in [0.15, 0.2) is 24.3 Å². The Bertz CT molecular complexity index is 765. The number of unbranched alkanes of at least 4 members (excludes halogenated alkanes) is 33. The molecule has 0 aliphatic rings. The van der Waals surface area contributed by atoms with E-state index in [4.69, 9.17) is 0 Å². The summed E-state index contributed by atoms with van der Waals surface area (Å²) in [6, 6.07) is -0.530. The van der Waals surface area contributed by atoms with Gasteiger partial charge >= 0.3 is 0 Å². The van der Waals surface area contributed by atoms with Crippen LogP contribution in [0.2, 0.25) is 0 Å². The molecule has 0 aromatic rings. The maximum atomic E-state index is 12.4. The minimum atomic E-state index is -0.653. The third kappa shape index (κ3) is 41.9. The second-order valence-corrected chi connectivity index (χ2v) is 16.5. The van der Waals surface area contributed by atoms with Gasteiger partial charge in [0.15, 0.2) is 0 Å². The lowest BCUT2D eigenvalue weighted by atomic mass is 10.0. The molecule has 2 atom stereocenters. The summed E-state index contributed by atoms with van der Waals surface area (Å²) in [6.45, 7) is 4.33. The fourth-order valence-electron chi connectivity index (χ4n) is 7.51. The normalized spacial score (nSPS) is 13.1. The molecule has 2 unspecified atom stereocenters. The highest BCUT2D eigenvalue weighted by atomic mass is 16.3. The fourth-order valence-corrected chi connectivity index (χ4v) is 7.51. The minimum absolute atomic E-state index is 0.0308. The van der Waals surface area contributed by atoms with E-state index >= 15 is 0 Å². The van der Waals surface area contributed by atoms with Crippen LogP contribution in [-0.2, 0) is 4.79 Å². The molecule has 0 aliphatic carbocycles. The highest BCUT2D eigenvalue weighted by Crippen LogP contribution is 2.16. The smallest absolute Gasteiger partial charge is 0.220 e. The molecule has 4 nitrogen and oxygen atoms in total. The number of allylic oxidation sites excluding steroid dienone is 4. The Labute approximate surface area is 332 Å². The van der Waals surface area contributed by atoms with Gasteiger partial charge in [0.2, 0.25) is 5.91 Å². The summed E-state index contributed by atoms with van der Waals surface area (Å²) in [6.07, 6.45) is 58.7. The first-order chi connectivity index (χ1) is 26.2. The van der Waals surface area contributed by atoms with Crippen LogP contribution in [0.1, 0.15) is 264 Å². The van der Waals surface area contributed by atoms with Crippen LogP contribution in [0.4, 0.5) is 0 Å². The molecule has 4 heteroatoms. The van der Waals surface area contributed by atoms with Gasteiger partial charge in [0.25, 0.3) is 0 Å². The van der Waals surface area contributed by atoms with Crippen LogP contribution < -0.4 is 5.32 Å². The van der Waals surface area contributed by atoms with Gasteiger partial charge in [0.05, 0.1) is 18.8 Å². The quantitative estimate of drug-likeness (QED) is 0.0430. The molecule has 0 bridgehead atoms. The van der Waals surface area contributed by atoms with Crippen LogP contribution in [0.3, 0.4) is 0 Å². The molecule has 0 saturated heterocycles. The molecule has 53 heavy (non-hydrogen) atoms. The summed E-state index contributed by atoms with van der Waals surface area (Å²) >= 11 is 0. The lowest BCUT2D eigenvalue weighted by molar-refractivity contribution is -0.123. The molecule has 3 N–H and O–H groups in total. The Kier molecular flexibility index (Phi) is 44.3. The number of carbonyl (C=O) groups is 1. The lowest BCUT2D eigenvalue weighted by Gasteiger charge is -2.22. The monoisotopic (exact) mass is 746 g/mol. The molecule has 0 radical (unpaired) electrons. The molecule has 0 aromatic carbocycles. The van der Waals surface area contributed by atoms with Crippen molar-refractivity contribution in [3.8, 4) is 0 Å². The Morgan fingerprint density at radius 2 is 0.774 bits per heavy atom. The largest absolute Gasteiger partial charge is 0.394 e. The average Bonchev–Trinajstić information content (AvgIpc) is 3.16. The molecule has 1 amide bonds. The number of rotatable bonds is 44. The van der Waals surface area contributed by atoms with E-state index in [1.54, 1.807) is 0 Å². The average molecular weight is 746 g/mol. The third-order valence-electron chi connectivity index (χ3n) is 11.2. The van der Waals surface area contributed by atoms with Crippen LogP contribution in [0.5, 0.6) is 0 Å². The van der Waals surface area contributed by atoms with Crippen LogP contribution in [-0.4, -0.2) is 34.9 Å². The van der Waals surface area contributed by atoms with Crippen molar-refractivity contribution in [2.75, 3.05) is 6.61 Å². The summed E-state index contributed by atoms with van der Waals surface area (Å²) in [5, 5.41) is 23.0. The van der Waals surface area contributed by atoms with E-state index in [0.29, 0.717) is 12.8 Å². The second kappa shape index (κ2) is 45.3. The highest BCUT2D eigenvalue weighted by molar-refractivity contribution is 5.76. The number of carbonyl (C=O) groups excluding carboxylic acids is 1. The number of amides is 1. The number of hydrogen-bond acceptors (Lipinski definition) is 3. The van der Waals surface area contributed by atoms with Crippen molar-refractivity contribution in [1.82, 2.24) is 5.32 Å². The summed E-state index contributed by atoms with van der Waals surface area (Å²) in [5.74, 6) is -0.0308. The number of nitrogens with one attached hydrogen (secondary N) is 1. The zero-order valence-corrected chi connectivity index (χ0v) is 36.1. The molecular weight excluding hydrogens is 651 g/mol. The number of aliphatic hydroxyl groups is 2.